The van der Waals surface area contributed by atoms with Crippen molar-refractivity contribution < 1.29 is 4.39 Å². The molecule has 0 amide bonds. The maximum Gasteiger partial charge on any atom is 0.123 e. The molecule has 0 aromatic heterocycles. The molecule has 14 heavy (non-hydrogen) atoms. The van der Waals surface area contributed by atoms with Gasteiger partial charge in [0, 0.05) is 10.5 Å². The number of benzene rings is 1. The third kappa shape index (κ3) is 3.40. The summed E-state index contributed by atoms with van der Waals surface area (Å²) in [6, 6.07) is 4.31. The van der Waals surface area contributed by atoms with E-state index in [-0.39, 0.29) is 24.3 Å². The van der Waals surface area contributed by atoms with E-state index in [0.29, 0.717) is 6.42 Å². The van der Waals surface area contributed by atoms with Gasteiger partial charge in [-0.2, -0.15) is 0 Å². The highest BCUT2D eigenvalue weighted by Gasteiger charge is 2.08. The molecule has 0 aliphatic rings. The van der Waals surface area contributed by atoms with Crippen LogP contribution in [-0.4, -0.2) is 0 Å². The minimum Gasteiger partial charge on any atom is -0.324 e. The predicted octanol–water partition coefficient (Wildman–Crippen LogP) is 3.59. The van der Waals surface area contributed by atoms with Crippen LogP contribution in [0.15, 0.2) is 35.3 Å². The van der Waals surface area contributed by atoms with Crippen molar-refractivity contribution in [1.82, 2.24) is 0 Å². The smallest absolute Gasteiger partial charge is 0.123 e. The molecule has 4 heteroatoms. The summed E-state index contributed by atoms with van der Waals surface area (Å²) in [5.74, 6) is -0.266. The van der Waals surface area contributed by atoms with Gasteiger partial charge in [0.1, 0.15) is 5.82 Å². The molecule has 0 fully saturated rings. The summed E-state index contributed by atoms with van der Waals surface area (Å²) in [5.41, 5.74) is 6.58. The maximum absolute atomic E-state index is 12.8. The van der Waals surface area contributed by atoms with Crippen molar-refractivity contribution in [3.05, 3.63) is 46.7 Å². The highest BCUT2D eigenvalue weighted by atomic mass is 79.9. The second-order valence-electron chi connectivity index (χ2n) is 2.80. The molecule has 1 aromatic rings. The molecule has 0 heterocycles. The lowest BCUT2D eigenvalue weighted by Crippen LogP contribution is -2.09. The summed E-state index contributed by atoms with van der Waals surface area (Å²) in [7, 11) is 0. The summed E-state index contributed by atoms with van der Waals surface area (Å²) >= 11 is 3.32. The van der Waals surface area contributed by atoms with Gasteiger partial charge in [-0.15, -0.1) is 19.0 Å². The first-order chi connectivity index (χ1) is 6.15. The number of nitrogens with two attached hydrogens (primary N) is 1. The molecular formula is C10H12BrClFN. The standard InChI is InChI=1S/C10H11BrFN.ClH/c1-2-3-10(13)8-6-7(12)4-5-9(8)11;/h2,4-6,10H,1,3,13H2;1H/t10-;/m0./s1. The fourth-order valence-corrected chi connectivity index (χ4v) is 1.65. The van der Waals surface area contributed by atoms with E-state index in [2.05, 4.69) is 22.5 Å². The van der Waals surface area contributed by atoms with Gasteiger partial charge < -0.3 is 5.73 Å². The van der Waals surface area contributed by atoms with E-state index in [0.717, 1.165) is 10.0 Å². The SMILES string of the molecule is C=CC[C@H](N)c1cc(F)ccc1Br.Cl. The van der Waals surface area contributed by atoms with Gasteiger partial charge in [0.05, 0.1) is 0 Å². The van der Waals surface area contributed by atoms with E-state index in [4.69, 9.17) is 5.73 Å². The Kier molecular flexibility index (Phi) is 6.00. The summed E-state index contributed by atoms with van der Waals surface area (Å²) < 4.78 is 13.7. The third-order valence-corrected chi connectivity index (χ3v) is 2.50. The van der Waals surface area contributed by atoms with Crippen molar-refractivity contribution in [1.29, 1.82) is 0 Å². The van der Waals surface area contributed by atoms with Crippen LogP contribution in [0, 0.1) is 5.82 Å². The Morgan fingerprint density at radius 2 is 2.21 bits per heavy atom. The van der Waals surface area contributed by atoms with Gasteiger partial charge >= 0.3 is 0 Å². The van der Waals surface area contributed by atoms with Gasteiger partial charge in [0.15, 0.2) is 0 Å². The van der Waals surface area contributed by atoms with Crippen LogP contribution in [0.1, 0.15) is 18.0 Å². The van der Waals surface area contributed by atoms with Gasteiger partial charge in [0.2, 0.25) is 0 Å². The molecular weight excluding hydrogens is 268 g/mol. The fourth-order valence-electron chi connectivity index (χ4n) is 1.11. The van der Waals surface area contributed by atoms with Crippen LogP contribution in [0.3, 0.4) is 0 Å². The van der Waals surface area contributed by atoms with Crippen LogP contribution < -0.4 is 5.73 Å². The quantitative estimate of drug-likeness (QED) is 0.841. The molecule has 1 atom stereocenters. The lowest BCUT2D eigenvalue weighted by atomic mass is 10.0. The van der Waals surface area contributed by atoms with Crippen molar-refractivity contribution in [3.8, 4) is 0 Å². The van der Waals surface area contributed by atoms with Crippen molar-refractivity contribution in [3.63, 3.8) is 0 Å². The van der Waals surface area contributed by atoms with Crippen molar-refractivity contribution >= 4 is 28.3 Å². The summed E-state index contributed by atoms with van der Waals surface area (Å²) in [6.45, 7) is 3.59. The van der Waals surface area contributed by atoms with Crippen molar-refractivity contribution in [2.24, 2.45) is 5.73 Å². The van der Waals surface area contributed by atoms with E-state index in [1.807, 2.05) is 0 Å². The van der Waals surface area contributed by atoms with Crippen LogP contribution in [0.4, 0.5) is 4.39 Å². The monoisotopic (exact) mass is 279 g/mol. The average molecular weight is 281 g/mol. The zero-order valence-electron chi connectivity index (χ0n) is 7.54. The fraction of sp³-hybridized carbons (Fsp3) is 0.200. The normalized spacial score (nSPS) is 11.6. The number of halogens is 3. The van der Waals surface area contributed by atoms with E-state index >= 15 is 0 Å². The summed E-state index contributed by atoms with van der Waals surface area (Å²) in [5, 5.41) is 0. The molecule has 1 nitrogen and oxygen atoms in total. The van der Waals surface area contributed by atoms with Gasteiger partial charge in [-0.05, 0) is 30.2 Å². The zero-order valence-corrected chi connectivity index (χ0v) is 9.94. The Hall–Kier alpha value is -0.380. The van der Waals surface area contributed by atoms with E-state index in [1.165, 1.54) is 12.1 Å². The second kappa shape index (κ2) is 6.17. The maximum atomic E-state index is 12.8. The van der Waals surface area contributed by atoms with E-state index < -0.39 is 0 Å². The van der Waals surface area contributed by atoms with Crippen molar-refractivity contribution in [2.45, 2.75) is 12.5 Å². The first-order valence-electron chi connectivity index (χ1n) is 3.96. The van der Waals surface area contributed by atoms with Crippen molar-refractivity contribution in [2.75, 3.05) is 0 Å². The topological polar surface area (TPSA) is 26.0 Å². The molecule has 1 aromatic carbocycles. The largest absolute Gasteiger partial charge is 0.324 e. The minimum atomic E-state index is -0.266. The lowest BCUT2D eigenvalue weighted by molar-refractivity contribution is 0.619. The molecule has 0 saturated heterocycles. The lowest BCUT2D eigenvalue weighted by Gasteiger charge is -2.11. The summed E-state index contributed by atoms with van der Waals surface area (Å²) in [4.78, 5) is 0. The molecule has 1 rings (SSSR count). The van der Waals surface area contributed by atoms with Crippen LogP contribution in [0.5, 0.6) is 0 Å². The molecule has 0 saturated carbocycles. The Balaban J connectivity index is 0.00000169. The average Bonchev–Trinajstić information content (AvgIpc) is 2.09. The molecule has 0 aliphatic heterocycles. The van der Waals surface area contributed by atoms with Gasteiger partial charge in [-0.1, -0.05) is 22.0 Å². The van der Waals surface area contributed by atoms with Crippen LogP contribution in [0.25, 0.3) is 0 Å². The highest BCUT2D eigenvalue weighted by molar-refractivity contribution is 9.10. The first kappa shape index (κ1) is 13.6. The molecule has 2 N–H and O–H groups in total. The van der Waals surface area contributed by atoms with Gasteiger partial charge in [0.25, 0.3) is 0 Å². The second-order valence-corrected chi connectivity index (χ2v) is 3.65. The Bertz CT molecular complexity index is 317. The third-order valence-electron chi connectivity index (χ3n) is 1.78. The Morgan fingerprint density at radius 1 is 1.57 bits per heavy atom. The molecule has 0 spiro atoms. The minimum absolute atomic E-state index is 0. The predicted molar refractivity (Wildman–Crippen MR) is 63.1 cm³/mol. The first-order valence-corrected chi connectivity index (χ1v) is 4.76. The van der Waals surface area contributed by atoms with Gasteiger partial charge in [-0.25, -0.2) is 4.39 Å². The summed E-state index contributed by atoms with van der Waals surface area (Å²) in [6.07, 6.45) is 2.37. The Labute approximate surface area is 97.7 Å². The zero-order chi connectivity index (χ0) is 9.84. The molecule has 0 bridgehead atoms. The van der Waals surface area contributed by atoms with Gasteiger partial charge in [-0.3, -0.25) is 0 Å². The molecule has 0 unspecified atom stereocenters. The van der Waals surface area contributed by atoms with E-state index in [1.54, 1.807) is 12.1 Å². The molecule has 0 aliphatic carbocycles. The number of rotatable bonds is 3. The molecule has 0 radical (unpaired) electrons. The number of hydrogen-bond donors (Lipinski definition) is 1. The Morgan fingerprint density at radius 3 is 2.79 bits per heavy atom. The highest BCUT2D eigenvalue weighted by Crippen LogP contribution is 2.24. The molecule has 78 valence electrons. The van der Waals surface area contributed by atoms with E-state index in [9.17, 15) is 4.39 Å². The number of hydrogen-bond acceptors (Lipinski definition) is 1. The van der Waals surface area contributed by atoms with Crippen LogP contribution in [-0.2, 0) is 0 Å². The van der Waals surface area contributed by atoms with Crippen LogP contribution in [0.2, 0.25) is 0 Å². The van der Waals surface area contributed by atoms with Crippen LogP contribution >= 0.6 is 28.3 Å².